The second kappa shape index (κ2) is 5.18. The zero-order valence-electron chi connectivity index (χ0n) is 10.7. The van der Waals surface area contributed by atoms with Crippen LogP contribution in [0.5, 0.6) is 5.75 Å². The highest BCUT2D eigenvalue weighted by atomic mass is 16.5. The van der Waals surface area contributed by atoms with Crippen molar-refractivity contribution in [3.8, 4) is 5.75 Å². The van der Waals surface area contributed by atoms with Gasteiger partial charge in [-0.15, -0.1) is 0 Å². The summed E-state index contributed by atoms with van der Waals surface area (Å²) in [7, 11) is 0. The molecular formula is C13H16N2O3. The lowest BCUT2D eigenvalue weighted by molar-refractivity contribution is 0.189. The molecule has 0 saturated heterocycles. The lowest BCUT2D eigenvalue weighted by Gasteiger charge is -2.13. The zero-order chi connectivity index (χ0) is 13.1. The van der Waals surface area contributed by atoms with Gasteiger partial charge >= 0.3 is 0 Å². The Morgan fingerprint density at radius 3 is 2.78 bits per heavy atom. The first kappa shape index (κ1) is 12.6. The minimum atomic E-state index is -0.576. The minimum Gasteiger partial charge on any atom is -0.485 e. The molecule has 0 fully saturated rings. The molecule has 0 spiro atoms. The second-order valence-electron chi connectivity index (χ2n) is 4.24. The van der Waals surface area contributed by atoms with E-state index >= 15 is 0 Å². The van der Waals surface area contributed by atoms with E-state index < -0.39 is 6.10 Å². The molecule has 1 N–H and O–H groups in total. The molecule has 0 bridgehead atoms. The quantitative estimate of drug-likeness (QED) is 0.899. The normalized spacial score (nSPS) is 12.4. The highest BCUT2D eigenvalue weighted by molar-refractivity contribution is 5.38. The van der Waals surface area contributed by atoms with Crippen LogP contribution in [0.15, 0.2) is 22.7 Å². The average Bonchev–Trinajstić information content (AvgIpc) is 2.72. The van der Waals surface area contributed by atoms with E-state index in [1.807, 2.05) is 25.1 Å². The van der Waals surface area contributed by atoms with E-state index in [4.69, 9.17) is 9.26 Å². The molecule has 0 amide bonds. The predicted molar refractivity (Wildman–Crippen MR) is 65.2 cm³/mol. The van der Waals surface area contributed by atoms with E-state index in [9.17, 15) is 5.11 Å². The summed E-state index contributed by atoms with van der Waals surface area (Å²) in [6.45, 7) is 5.62. The van der Waals surface area contributed by atoms with Gasteiger partial charge in [-0.2, -0.15) is 4.98 Å². The topological polar surface area (TPSA) is 68.4 Å². The van der Waals surface area contributed by atoms with Crippen molar-refractivity contribution in [3.05, 3.63) is 41.0 Å². The molecule has 2 rings (SSSR count). The summed E-state index contributed by atoms with van der Waals surface area (Å²) in [5.74, 6) is 1.64. The van der Waals surface area contributed by atoms with Crippen LogP contribution in [0.2, 0.25) is 0 Å². The summed E-state index contributed by atoms with van der Waals surface area (Å²) in [6, 6.07) is 5.68. The minimum absolute atomic E-state index is 0.223. The molecule has 5 heteroatoms. The van der Waals surface area contributed by atoms with Gasteiger partial charge in [0.1, 0.15) is 5.75 Å². The molecule has 18 heavy (non-hydrogen) atoms. The summed E-state index contributed by atoms with van der Waals surface area (Å²) < 4.78 is 10.5. The Balaban J connectivity index is 2.15. The fourth-order valence-corrected chi connectivity index (χ4v) is 1.65. The molecule has 2 aromatic rings. The molecule has 96 valence electrons. The van der Waals surface area contributed by atoms with Crippen LogP contribution in [0.25, 0.3) is 0 Å². The van der Waals surface area contributed by atoms with Crippen molar-refractivity contribution < 1.29 is 14.4 Å². The summed E-state index contributed by atoms with van der Waals surface area (Å²) >= 11 is 0. The monoisotopic (exact) mass is 248 g/mol. The van der Waals surface area contributed by atoms with Crippen LogP contribution >= 0.6 is 0 Å². The molecular weight excluding hydrogens is 232 g/mol. The third kappa shape index (κ3) is 2.87. The highest BCUT2D eigenvalue weighted by Crippen LogP contribution is 2.26. The third-order valence-corrected chi connectivity index (χ3v) is 2.55. The highest BCUT2D eigenvalue weighted by Gasteiger charge is 2.11. The van der Waals surface area contributed by atoms with Crippen LogP contribution in [-0.2, 0) is 6.61 Å². The number of rotatable bonds is 4. The molecule has 1 atom stereocenters. The molecule has 0 aliphatic rings. The number of hydrogen-bond acceptors (Lipinski definition) is 5. The van der Waals surface area contributed by atoms with Gasteiger partial charge in [-0.3, -0.25) is 0 Å². The summed E-state index contributed by atoms with van der Waals surface area (Å²) in [6.07, 6.45) is -0.576. The van der Waals surface area contributed by atoms with E-state index in [1.165, 1.54) is 0 Å². The van der Waals surface area contributed by atoms with Crippen molar-refractivity contribution in [3.63, 3.8) is 0 Å². The predicted octanol–water partition coefficient (Wildman–Crippen LogP) is 2.32. The average molecular weight is 248 g/mol. The SMILES string of the molecule is Cc1ccc(C(C)O)c(OCc2noc(C)n2)c1. The zero-order valence-corrected chi connectivity index (χ0v) is 10.7. The van der Waals surface area contributed by atoms with Crippen LogP contribution in [0, 0.1) is 13.8 Å². The largest absolute Gasteiger partial charge is 0.485 e. The van der Waals surface area contributed by atoms with Gasteiger partial charge in [-0.05, 0) is 25.5 Å². The maximum atomic E-state index is 9.67. The molecule has 0 aliphatic carbocycles. The maximum absolute atomic E-state index is 9.67. The number of aliphatic hydroxyl groups excluding tert-OH is 1. The van der Waals surface area contributed by atoms with Gasteiger partial charge in [0, 0.05) is 12.5 Å². The number of nitrogens with zero attached hydrogens (tertiary/aromatic N) is 2. The lowest BCUT2D eigenvalue weighted by Crippen LogP contribution is -2.02. The van der Waals surface area contributed by atoms with E-state index in [1.54, 1.807) is 13.8 Å². The van der Waals surface area contributed by atoms with Gasteiger partial charge in [0.2, 0.25) is 11.7 Å². The van der Waals surface area contributed by atoms with Crippen LogP contribution in [0.4, 0.5) is 0 Å². The molecule has 1 aromatic carbocycles. The van der Waals surface area contributed by atoms with Gasteiger partial charge < -0.3 is 14.4 Å². The lowest BCUT2D eigenvalue weighted by atomic mass is 10.1. The van der Waals surface area contributed by atoms with Crippen molar-refractivity contribution >= 4 is 0 Å². The standard InChI is InChI=1S/C13H16N2O3/c1-8-4-5-11(9(2)16)12(6-8)17-7-13-14-10(3)18-15-13/h4-6,9,16H,7H2,1-3H3. The Morgan fingerprint density at radius 1 is 1.39 bits per heavy atom. The second-order valence-corrected chi connectivity index (χ2v) is 4.24. The Labute approximate surface area is 105 Å². The van der Waals surface area contributed by atoms with E-state index in [0.29, 0.717) is 17.5 Å². The third-order valence-electron chi connectivity index (χ3n) is 2.55. The van der Waals surface area contributed by atoms with E-state index in [0.717, 1.165) is 11.1 Å². The summed E-state index contributed by atoms with van der Waals surface area (Å²) in [5, 5.41) is 13.4. The van der Waals surface area contributed by atoms with E-state index in [-0.39, 0.29) is 6.61 Å². The van der Waals surface area contributed by atoms with Crippen LogP contribution in [0.1, 0.15) is 35.9 Å². The fraction of sp³-hybridized carbons (Fsp3) is 0.385. The Hall–Kier alpha value is -1.88. The number of benzene rings is 1. The smallest absolute Gasteiger partial charge is 0.223 e. The number of hydrogen-bond donors (Lipinski definition) is 1. The Bertz CT molecular complexity index is 535. The first-order chi connectivity index (χ1) is 8.56. The Kier molecular flexibility index (Phi) is 3.62. The molecule has 0 saturated carbocycles. The van der Waals surface area contributed by atoms with Crippen LogP contribution in [0.3, 0.4) is 0 Å². The van der Waals surface area contributed by atoms with Gasteiger partial charge in [0.25, 0.3) is 0 Å². The Morgan fingerprint density at radius 2 is 2.17 bits per heavy atom. The molecule has 1 aromatic heterocycles. The van der Waals surface area contributed by atoms with Crippen molar-refractivity contribution in [2.45, 2.75) is 33.5 Å². The van der Waals surface area contributed by atoms with Crippen molar-refractivity contribution in [2.75, 3.05) is 0 Å². The van der Waals surface area contributed by atoms with Crippen LogP contribution < -0.4 is 4.74 Å². The number of aryl methyl sites for hydroxylation is 2. The van der Waals surface area contributed by atoms with Gasteiger partial charge in [-0.25, -0.2) is 0 Å². The summed E-state index contributed by atoms with van der Waals surface area (Å²) in [5.41, 5.74) is 1.82. The number of aromatic nitrogens is 2. The molecule has 0 aliphatic heterocycles. The van der Waals surface area contributed by atoms with Gasteiger partial charge in [0.15, 0.2) is 6.61 Å². The molecule has 0 radical (unpaired) electrons. The fourth-order valence-electron chi connectivity index (χ4n) is 1.65. The summed E-state index contributed by atoms with van der Waals surface area (Å²) in [4.78, 5) is 4.06. The van der Waals surface area contributed by atoms with Gasteiger partial charge in [-0.1, -0.05) is 17.3 Å². The molecule has 5 nitrogen and oxygen atoms in total. The van der Waals surface area contributed by atoms with Crippen molar-refractivity contribution in [1.82, 2.24) is 10.1 Å². The van der Waals surface area contributed by atoms with Crippen molar-refractivity contribution in [1.29, 1.82) is 0 Å². The van der Waals surface area contributed by atoms with E-state index in [2.05, 4.69) is 10.1 Å². The first-order valence-electron chi connectivity index (χ1n) is 5.77. The molecule has 1 heterocycles. The number of aliphatic hydroxyl groups is 1. The maximum Gasteiger partial charge on any atom is 0.223 e. The first-order valence-corrected chi connectivity index (χ1v) is 5.77. The number of ether oxygens (including phenoxy) is 1. The van der Waals surface area contributed by atoms with Crippen molar-refractivity contribution in [2.24, 2.45) is 0 Å². The molecule has 1 unspecified atom stereocenters. The van der Waals surface area contributed by atoms with Gasteiger partial charge in [0.05, 0.1) is 6.10 Å². The van der Waals surface area contributed by atoms with Crippen LogP contribution in [-0.4, -0.2) is 15.2 Å².